The van der Waals surface area contributed by atoms with Crippen LogP contribution in [-0.2, 0) is 0 Å². The number of hydrogen-bond donors (Lipinski definition) is 3. The topological polar surface area (TPSA) is 75.9 Å². The lowest BCUT2D eigenvalue weighted by molar-refractivity contribution is 1.39. The van der Waals surface area contributed by atoms with Gasteiger partial charge in [0.1, 0.15) is 0 Å². The first-order valence-electron chi connectivity index (χ1n) is 0.827. The van der Waals surface area contributed by atoms with Crippen molar-refractivity contribution in [1.29, 1.82) is 5.41 Å². The molecule has 0 unspecified atom stereocenters. The van der Waals surface area contributed by atoms with Gasteiger partial charge in [-0.05, 0) is 0 Å². The maximum Gasteiger partial charge on any atom is 0.183 e. The van der Waals surface area contributed by atoms with Crippen LogP contribution in [0.3, 0.4) is 0 Å². The summed E-state index contributed by atoms with van der Waals surface area (Å²) in [4.78, 5) is 0. The van der Waals surface area contributed by atoms with Crippen LogP contribution >= 0.6 is 36.4 Å². The molecule has 0 aromatic carbocycles. The molecule has 0 aromatic rings. The molecule has 0 aliphatic carbocycles. The molecule has 0 fully saturated rings. The SMILES string of the molecule is Cl.I.N=C(N)N. The van der Waals surface area contributed by atoms with Gasteiger partial charge in [0.15, 0.2) is 5.96 Å². The third kappa shape index (κ3) is 552. The van der Waals surface area contributed by atoms with E-state index in [1.165, 1.54) is 0 Å². The van der Waals surface area contributed by atoms with Gasteiger partial charge < -0.3 is 11.5 Å². The number of guanidine groups is 1. The molecular formula is CH7ClIN3. The van der Waals surface area contributed by atoms with Crippen molar-refractivity contribution in [2.24, 2.45) is 11.5 Å². The Morgan fingerprint density at radius 3 is 1.33 bits per heavy atom. The Balaban J connectivity index is -0.0000000450. The molecule has 0 saturated carbocycles. The van der Waals surface area contributed by atoms with E-state index >= 15 is 0 Å². The average Bonchev–Trinajstić information content (AvgIpc) is 0.811. The zero-order chi connectivity index (χ0) is 3.58. The van der Waals surface area contributed by atoms with E-state index in [9.17, 15) is 0 Å². The number of hydrogen-bond acceptors (Lipinski definition) is 1. The lowest BCUT2D eigenvalue weighted by Crippen LogP contribution is -2.20. The minimum atomic E-state index is -0.333. The normalized spacial score (nSPS) is 4.00. The number of rotatable bonds is 0. The Kier molecular flexibility index (Phi) is 24.4. The molecule has 0 amide bonds. The van der Waals surface area contributed by atoms with Gasteiger partial charge in [-0.15, -0.1) is 36.4 Å². The first-order chi connectivity index (χ1) is 1.73. The molecular weight excluding hydrogens is 216 g/mol. The van der Waals surface area contributed by atoms with Crippen LogP contribution in [0.15, 0.2) is 0 Å². The maximum atomic E-state index is 6.06. The summed E-state index contributed by atoms with van der Waals surface area (Å²) in [5.74, 6) is -0.333. The highest BCUT2D eigenvalue weighted by molar-refractivity contribution is 14.0. The van der Waals surface area contributed by atoms with Crippen molar-refractivity contribution >= 4 is 42.3 Å². The summed E-state index contributed by atoms with van der Waals surface area (Å²) in [6, 6.07) is 0. The Morgan fingerprint density at radius 1 is 1.33 bits per heavy atom. The molecule has 0 aromatic heterocycles. The van der Waals surface area contributed by atoms with Crippen LogP contribution in [0, 0.1) is 5.41 Å². The van der Waals surface area contributed by atoms with E-state index in [2.05, 4.69) is 11.5 Å². The Labute approximate surface area is 59.4 Å². The fourth-order valence-corrected chi connectivity index (χ4v) is 0. The second kappa shape index (κ2) is 8.99. The van der Waals surface area contributed by atoms with Crippen molar-refractivity contribution < 1.29 is 0 Å². The molecule has 3 nitrogen and oxygen atoms in total. The second-order valence-corrected chi connectivity index (χ2v) is 0.455. The lowest BCUT2D eigenvalue weighted by Gasteiger charge is -1.69. The monoisotopic (exact) mass is 223 g/mol. The summed E-state index contributed by atoms with van der Waals surface area (Å²) in [5.41, 5.74) is 8.94. The third-order valence-electron chi connectivity index (χ3n) is 0. The first kappa shape index (κ1) is 16.3. The third-order valence-corrected chi connectivity index (χ3v) is 0. The predicted octanol–water partition coefficient (Wildman–Crippen LogP) is -0.122. The summed E-state index contributed by atoms with van der Waals surface area (Å²) < 4.78 is 0. The largest absolute Gasteiger partial charge is 0.370 e. The van der Waals surface area contributed by atoms with E-state index in [-0.39, 0.29) is 42.3 Å². The van der Waals surface area contributed by atoms with Crippen molar-refractivity contribution in [3.8, 4) is 0 Å². The molecule has 6 heavy (non-hydrogen) atoms. The van der Waals surface area contributed by atoms with Gasteiger partial charge in [-0.25, -0.2) is 0 Å². The van der Waals surface area contributed by atoms with Gasteiger partial charge in [0.25, 0.3) is 0 Å². The summed E-state index contributed by atoms with van der Waals surface area (Å²) in [7, 11) is 0. The van der Waals surface area contributed by atoms with Crippen LogP contribution in [-0.4, -0.2) is 5.96 Å². The van der Waals surface area contributed by atoms with Gasteiger partial charge in [-0.1, -0.05) is 0 Å². The highest BCUT2D eigenvalue weighted by Gasteiger charge is 1.52. The van der Waals surface area contributed by atoms with E-state index in [0.29, 0.717) is 0 Å². The van der Waals surface area contributed by atoms with Gasteiger partial charge >= 0.3 is 0 Å². The quantitative estimate of drug-likeness (QED) is 0.304. The molecule has 5 N–H and O–H groups in total. The zero-order valence-corrected chi connectivity index (χ0v) is 6.12. The van der Waals surface area contributed by atoms with Gasteiger partial charge in [0, 0.05) is 0 Å². The van der Waals surface area contributed by atoms with Crippen LogP contribution in [0.25, 0.3) is 0 Å². The predicted molar refractivity (Wildman–Crippen MR) is 38.8 cm³/mol. The summed E-state index contributed by atoms with van der Waals surface area (Å²) in [5, 5.41) is 6.06. The Bertz CT molecular complexity index is 33.8. The molecule has 0 bridgehead atoms. The van der Waals surface area contributed by atoms with E-state index in [1.807, 2.05) is 0 Å². The van der Waals surface area contributed by atoms with Crippen LogP contribution in [0.5, 0.6) is 0 Å². The summed E-state index contributed by atoms with van der Waals surface area (Å²) >= 11 is 0. The fourth-order valence-electron chi connectivity index (χ4n) is 0. The van der Waals surface area contributed by atoms with Gasteiger partial charge in [-0.2, -0.15) is 0 Å². The van der Waals surface area contributed by atoms with Crippen molar-refractivity contribution in [2.45, 2.75) is 0 Å². The Morgan fingerprint density at radius 2 is 1.33 bits per heavy atom. The van der Waals surface area contributed by atoms with E-state index in [0.717, 1.165) is 0 Å². The molecule has 0 spiro atoms. The van der Waals surface area contributed by atoms with Gasteiger partial charge in [0.2, 0.25) is 0 Å². The fraction of sp³-hybridized carbons (Fsp3) is 0. The van der Waals surface area contributed by atoms with Crippen LogP contribution in [0.4, 0.5) is 0 Å². The molecule has 0 heterocycles. The van der Waals surface area contributed by atoms with Crippen LogP contribution in [0.1, 0.15) is 0 Å². The van der Waals surface area contributed by atoms with Crippen molar-refractivity contribution in [1.82, 2.24) is 0 Å². The maximum absolute atomic E-state index is 6.06. The molecule has 0 radical (unpaired) electrons. The van der Waals surface area contributed by atoms with E-state index in [1.54, 1.807) is 0 Å². The smallest absolute Gasteiger partial charge is 0.183 e. The second-order valence-electron chi connectivity index (χ2n) is 0.455. The number of nitrogens with two attached hydrogens (primary N) is 2. The molecule has 40 valence electrons. The lowest BCUT2D eigenvalue weighted by atomic mass is 11.1. The molecule has 0 aliphatic heterocycles. The minimum absolute atomic E-state index is 0. The highest BCUT2D eigenvalue weighted by atomic mass is 127. The molecule has 0 rings (SSSR count). The molecule has 5 heteroatoms. The van der Waals surface area contributed by atoms with Crippen molar-refractivity contribution in [3.05, 3.63) is 0 Å². The van der Waals surface area contributed by atoms with Gasteiger partial charge in [-0.3, -0.25) is 5.41 Å². The van der Waals surface area contributed by atoms with E-state index in [4.69, 9.17) is 5.41 Å². The summed E-state index contributed by atoms with van der Waals surface area (Å²) in [6.45, 7) is 0. The van der Waals surface area contributed by atoms with Crippen LogP contribution in [0.2, 0.25) is 0 Å². The van der Waals surface area contributed by atoms with Crippen molar-refractivity contribution in [3.63, 3.8) is 0 Å². The average molecular weight is 223 g/mol. The first-order valence-corrected chi connectivity index (χ1v) is 0.827. The molecule has 0 saturated heterocycles. The van der Waals surface area contributed by atoms with Gasteiger partial charge in [0.05, 0.1) is 0 Å². The number of halogens is 2. The standard InChI is InChI=1S/CH5N3.ClH.HI/c2-1(3)4;;/h(H5,2,3,4);2*1H. The highest BCUT2D eigenvalue weighted by Crippen LogP contribution is 1.13. The Hall–Kier alpha value is 0.290. The number of nitrogens with one attached hydrogen (secondary N) is 1. The minimum Gasteiger partial charge on any atom is -0.370 e. The molecule has 0 aliphatic rings. The van der Waals surface area contributed by atoms with Crippen LogP contribution < -0.4 is 11.5 Å². The molecule has 0 atom stereocenters. The zero-order valence-electron chi connectivity index (χ0n) is 2.97. The summed E-state index contributed by atoms with van der Waals surface area (Å²) in [6.07, 6.45) is 0. The van der Waals surface area contributed by atoms with E-state index < -0.39 is 0 Å². The van der Waals surface area contributed by atoms with Crippen molar-refractivity contribution in [2.75, 3.05) is 0 Å².